The SMILES string of the molecule is O=C(Nc1cc(Cl)c(Cl)cc1F)N1CCC[C@@H]1CO. The molecular weight excluding hydrogens is 294 g/mol. The Balaban J connectivity index is 2.13. The highest BCUT2D eigenvalue weighted by molar-refractivity contribution is 6.42. The largest absolute Gasteiger partial charge is 0.394 e. The first kappa shape index (κ1) is 14.4. The molecular formula is C12H13Cl2FN2O2. The zero-order chi connectivity index (χ0) is 14.0. The summed E-state index contributed by atoms with van der Waals surface area (Å²) < 4.78 is 13.6. The van der Waals surface area contributed by atoms with Gasteiger partial charge in [-0.2, -0.15) is 0 Å². The van der Waals surface area contributed by atoms with Crippen LogP contribution in [0.15, 0.2) is 12.1 Å². The molecule has 0 unspecified atom stereocenters. The zero-order valence-electron chi connectivity index (χ0n) is 10.00. The Kier molecular flexibility index (Phi) is 4.50. The highest BCUT2D eigenvalue weighted by Crippen LogP contribution is 2.28. The second-order valence-corrected chi connectivity index (χ2v) is 5.16. The van der Waals surface area contributed by atoms with Gasteiger partial charge in [-0.1, -0.05) is 23.2 Å². The normalized spacial score (nSPS) is 18.7. The van der Waals surface area contributed by atoms with Gasteiger partial charge in [0, 0.05) is 6.54 Å². The summed E-state index contributed by atoms with van der Waals surface area (Å²) in [5.41, 5.74) is -0.0250. The van der Waals surface area contributed by atoms with Crippen LogP contribution in [0.4, 0.5) is 14.9 Å². The number of amides is 2. The summed E-state index contributed by atoms with van der Waals surface area (Å²) in [5.74, 6) is -0.650. The van der Waals surface area contributed by atoms with Crippen molar-refractivity contribution in [2.24, 2.45) is 0 Å². The maximum atomic E-state index is 13.6. The molecule has 1 aromatic rings. The molecule has 1 aliphatic heterocycles. The van der Waals surface area contributed by atoms with Crippen LogP contribution >= 0.6 is 23.2 Å². The summed E-state index contributed by atoms with van der Waals surface area (Å²) in [6.45, 7) is 0.442. The van der Waals surface area contributed by atoms with E-state index >= 15 is 0 Å². The number of nitrogens with one attached hydrogen (secondary N) is 1. The van der Waals surface area contributed by atoms with Crippen LogP contribution in [0, 0.1) is 5.82 Å². The molecule has 0 saturated carbocycles. The number of benzene rings is 1. The van der Waals surface area contributed by atoms with Crippen LogP contribution in [-0.4, -0.2) is 35.2 Å². The predicted molar refractivity (Wildman–Crippen MR) is 72.3 cm³/mol. The fourth-order valence-electron chi connectivity index (χ4n) is 2.10. The third-order valence-corrected chi connectivity index (χ3v) is 3.82. The number of urea groups is 1. The molecule has 1 saturated heterocycles. The average molecular weight is 307 g/mol. The number of carbonyl (C=O) groups excluding carboxylic acids is 1. The van der Waals surface area contributed by atoms with Crippen LogP contribution in [0.1, 0.15) is 12.8 Å². The fourth-order valence-corrected chi connectivity index (χ4v) is 2.41. The van der Waals surface area contributed by atoms with Crippen LogP contribution in [-0.2, 0) is 0 Å². The van der Waals surface area contributed by atoms with Gasteiger partial charge in [-0.05, 0) is 25.0 Å². The Morgan fingerprint density at radius 1 is 1.47 bits per heavy atom. The van der Waals surface area contributed by atoms with Crippen molar-refractivity contribution in [3.63, 3.8) is 0 Å². The van der Waals surface area contributed by atoms with Gasteiger partial charge in [0.25, 0.3) is 0 Å². The van der Waals surface area contributed by atoms with E-state index in [1.165, 1.54) is 11.0 Å². The van der Waals surface area contributed by atoms with Crippen LogP contribution in [0.2, 0.25) is 10.0 Å². The van der Waals surface area contributed by atoms with Gasteiger partial charge in [-0.15, -0.1) is 0 Å². The smallest absolute Gasteiger partial charge is 0.322 e. The van der Waals surface area contributed by atoms with Crippen LogP contribution in [0.5, 0.6) is 0 Å². The van der Waals surface area contributed by atoms with Crippen molar-refractivity contribution >= 4 is 34.9 Å². The minimum absolute atomic E-state index is 0.0250. The topological polar surface area (TPSA) is 52.6 Å². The number of aliphatic hydroxyl groups excluding tert-OH is 1. The zero-order valence-corrected chi connectivity index (χ0v) is 11.5. The fraction of sp³-hybridized carbons (Fsp3) is 0.417. The molecule has 0 aliphatic carbocycles. The monoisotopic (exact) mass is 306 g/mol. The lowest BCUT2D eigenvalue weighted by Crippen LogP contribution is -2.40. The molecule has 1 atom stereocenters. The van der Waals surface area contributed by atoms with Crippen LogP contribution in [0.3, 0.4) is 0 Å². The number of aliphatic hydroxyl groups is 1. The van der Waals surface area contributed by atoms with E-state index in [4.69, 9.17) is 28.3 Å². The van der Waals surface area contributed by atoms with Gasteiger partial charge < -0.3 is 15.3 Å². The molecule has 2 amide bonds. The van der Waals surface area contributed by atoms with Gasteiger partial charge >= 0.3 is 6.03 Å². The third-order valence-electron chi connectivity index (χ3n) is 3.10. The lowest BCUT2D eigenvalue weighted by Gasteiger charge is -2.23. The van der Waals surface area contributed by atoms with Crippen molar-refractivity contribution in [2.75, 3.05) is 18.5 Å². The molecule has 1 aromatic carbocycles. The van der Waals surface area contributed by atoms with E-state index in [-0.39, 0.29) is 28.4 Å². The number of halogens is 3. The molecule has 1 aliphatic rings. The molecule has 1 heterocycles. The molecule has 7 heteroatoms. The summed E-state index contributed by atoms with van der Waals surface area (Å²) in [4.78, 5) is 13.5. The Labute approximate surface area is 120 Å². The first-order valence-corrected chi connectivity index (χ1v) is 6.61. The molecule has 19 heavy (non-hydrogen) atoms. The van der Waals surface area contributed by atoms with E-state index in [9.17, 15) is 9.18 Å². The summed E-state index contributed by atoms with van der Waals surface area (Å²) in [6.07, 6.45) is 1.57. The molecule has 0 bridgehead atoms. The second-order valence-electron chi connectivity index (χ2n) is 4.35. The highest BCUT2D eigenvalue weighted by atomic mass is 35.5. The molecule has 4 nitrogen and oxygen atoms in total. The Morgan fingerprint density at radius 3 is 2.84 bits per heavy atom. The average Bonchev–Trinajstić information content (AvgIpc) is 2.84. The molecule has 0 spiro atoms. The maximum absolute atomic E-state index is 13.6. The number of nitrogens with zero attached hydrogens (tertiary/aromatic N) is 1. The minimum Gasteiger partial charge on any atom is -0.394 e. The molecule has 0 aromatic heterocycles. The first-order chi connectivity index (χ1) is 9.02. The molecule has 2 rings (SSSR count). The van der Waals surface area contributed by atoms with Gasteiger partial charge in [-0.3, -0.25) is 0 Å². The quantitative estimate of drug-likeness (QED) is 0.825. The summed E-state index contributed by atoms with van der Waals surface area (Å²) in [7, 11) is 0. The minimum atomic E-state index is -0.650. The number of rotatable bonds is 2. The summed E-state index contributed by atoms with van der Waals surface area (Å²) in [6, 6.07) is 1.65. The Bertz CT molecular complexity index is 499. The van der Waals surface area contributed by atoms with Crippen molar-refractivity contribution in [3.8, 4) is 0 Å². The van der Waals surface area contributed by atoms with E-state index < -0.39 is 11.8 Å². The molecule has 2 N–H and O–H groups in total. The predicted octanol–water partition coefficient (Wildman–Crippen LogP) is 3.12. The van der Waals surface area contributed by atoms with E-state index in [2.05, 4.69) is 5.32 Å². The number of hydrogen-bond acceptors (Lipinski definition) is 2. The molecule has 0 radical (unpaired) electrons. The van der Waals surface area contributed by atoms with Gasteiger partial charge in [0.1, 0.15) is 5.82 Å². The third kappa shape index (κ3) is 3.11. The van der Waals surface area contributed by atoms with Gasteiger partial charge in [0.2, 0.25) is 0 Å². The molecule has 1 fully saturated rings. The van der Waals surface area contributed by atoms with Gasteiger partial charge in [0.05, 0.1) is 28.4 Å². The standard InChI is InChI=1S/C12H13Cl2FN2O2/c13-8-4-10(15)11(5-9(8)14)16-12(19)17-3-1-2-7(17)6-18/h4-5,7,18H,1-3,6H2,(H,16,19)/t7-/m1/s1. The highest BCUT2D eigenvalue weighted by Gasteiger charge is 2.28. The van der Waals surface area contributed by atoms with Crippen molar-refractivity contribution in [2.45, 2.75) is 18.9 Å². The van der Waals surface area contributed by atoms with Crippen LogP contribution in [0.25, 0.3) is 0 Å². The summed E-state index contributed by atoms with van der Waals surface area (Å²) in [5, 5.41) is 11.8. The van der Waals surface area contributed by atoms with Crippen molar-refractivity contribution < 1.29 is 14.3 Å². The molecule has 104 valence electrons. The van der Waals surface area contributed by atoms with Crippen molar-refractivity contribution in [3.05, 3.63) is 28.0 Å². The maximum Gasteiger partial charge on any atom is 0.322 e. The number of carbonyl (C=O) groups is 1. The van der Waals surface area contributed by atoms with Gasteiger partial charge in [0.15, 0.2) is 0 Å². The number of hydrogen-bond donors (Lipinski definition) is 2. The first-order valence-electron chi connectivity index (χ1n) is 5.86. The number of anilines is 1. The van der Waals surface area contributed by atoms with E-state index in [1.54, 1.807) is 0 Å². The van der Waals surface area contributed by atoms with E-state index in [0.29, 0.717) is 6.54 Å². The second kappa shape index (κ2) is 5.94. The van der Waals surface area contributed by atoms with Gasteiger partial charge in [-0.25, -0.2) is 9.18 Å². The van der Waals surface area contributed by atoms with Crippen molar-refractivity contribution in [1.82, 2.24) is 4.90 Å². The number of likely N-dealkylation sites (tertiary alicyclic amines) is 1. The van der Waals surface area contributed by atoms with Crippen molar-refractivity contribution in [1.29, 1.82) is 0 Å². The Morgan fingerprint density at radius 2 is 2.16 bits per heavy atom. The van der Waals surface area contributed by atoms with E-state index in [0.717, 1.165) is 18.9 Å². The van der Waals surface area contributed by atoms with Crippen LogP contribution < -0.4 is 5.32 Å². The Hall–Kier alpha value is -1.04. The van der Waals surface area contributed by atoms with E-state index in [1.807, 2.05) is 0 Å². The lowest BCUT2D eigenvalue weighted by molar-refractivity contribution is 0.166. The lowest BCUT2D eigenvalue weighted by atomic mass is 10.2. The summed E-state index contributed by atoms with van der Waals surface area (Å²) >= 11 is 11.4.